The van der Waals surface area contributed by atoms with Crippen molar-refractivity contribution in [2.45, 2.75) is 33.2 Å². The third-order valence-corrected chi connectivity index (χ3v) is 4.30. The fraction of sp³-hybridized carbons (Fsp3) is 0.462. The average Bonchev–Trinajstić information content (AvgIpc) is 2.96. The summed E-state index contributed by atoms with van der Waals surface area (Å²) in [4.78, 5) is 11.9. The molecule has 108 valence electrons. The Morgan fingerprint density at radius 3 is 2.85 bits per heavy atom. The monoisotopic (exact) mass is 357 g/mol. The number of carbonyl (C=O) groups excluding carboxylic acids is 1. The van der Waals surface area contributed by atoms with Crippen LogP contribution in [-0.4, -0.2) is 27.6 Å². The Labute approximate surface area is 130 Å². The molecule has 2 aromatic heterocycles. The molecular formula is C13H16BrN3O2S. The van der Waals surface area contributed by atoms with Crippen LogP contribution < -0.4 is 0 Å². The molecule has 5 nitrogen and oxygen atoms in total. The predicted octanol–water partition coefficient (Wildman–Crippen LogP) is 3.45. The predicted molar refractivity (Wildman–Crippen MR) is 81.2 cm³/mol. The SMILES string of the molecule is CCOC(=O)c1nnn(Cc2csc(Br)c2)c1C(C)C. The van der Waals surface area contributed by atoms with Gasteiger partial charge in [-0.25, -0.2) is 9.48 Å². The number of nitrogens with zero attached hydrogens (tertiary/aromatic N) is 3. The molecule has 0 bridgehead atoms. The van der Waals surface area contributed by atoms with Crippen molar-refractivity contribution < 1.29 is 9.53 Å². The summed E-state index contributed by atoms with van der Waals surface area (Å²) in [6.45, 7) is 6.74. The van der Waals surface area contributed by atoms with Crippen molar-refractivity contribution in [3.05, 3.63) is 32.2 Å². The van der Waals surface area contributed by atoms with Crippen molar-refractivity contribution in [1.29, 1.82) is 0 Å². The minimum Gasteiger partial charge on any atom is -0.461 e. The van der Waals surface area contributed by atoms with E-state index in [9.17, 15) is 4.79 Å². The first-order chi connectivity index (χ1) is 9.52. The van der Waals surface area contributed by atoms with Crippen LogP contribution in [0.3, 0.4) is 0 Å². The van der Waals surface area contributed by atoms with Crippen molar-refractivity contribution in [3.8, 4) is 0 Å². The molecular weight excluding hydrogens is 342 g/mol. The summed E-state index contributed by atoms with van der Waals surface area (Å²) in [5.74, 6) is -0.263. The Hall–Kier alpha value is -1.21. The molecule has 0 aliphatic carbocycles. The Morgan fingerprint density at radius 2 is 2.30 bits per heavy atom. The molecule has 0 aliphatic rings. The standard InChI is InChI=1S/C13H16BrN3O2S/c1-4-19-13(18)11-12(8(2)3)17(16-15-11)6-9-5-10(14)20-7-9/h5,7-8H,4,6H2,1-3H3. The molecule has 2 rings (SSSR count). The first kappa shape index (κ1) is 15.2. The number of rotatable bonds is 5. The largest absolute Gasteiger partial charge is 0.461 e. The highest BCUT2D eigenvalue weighted by Crippen LogP contribution is 2.24. The number of hydrogen-bond donors (Lipinski definition) is 0. The second kappa shape index (κ2) is 6.49. The third kappa shape index (κ3) is 3.27. The van der Waals surface area contributed by atoms with Crippen molar-refractivity contribution in [2.24, 2.45) is 0 Å². The Bertz CT molecular complexity index is 607. The van der Waals surface area contributed by atoms with E-state index in [1.54, 1.807) is 22.9 Å². The van der Waals surface area contributed by atoms with E-state index >= 15 is 0 Å². The number of carbonyl (C=O) groups is 1. The van der Waals surface area contributed by atoms with Gasteiger partial charge < -0.3 is 4.74 Å². The molecule has 0 fully saturated rings. The highest BCUT2D eigenvalue weighted by molar-refractivity contribution is 9.11. The van der Waals surface area contributed by atoms with E-state index in [0.29, 0.717) is 18.8 Å². The molecule has 0 atom stereocenters. The van der Waals surface area contributed by atoms with Crippen molar-refractivity contribution >= 4 is 33.2 Å². The van der Waals surface area contributed by atoms with Gasteiger partial charge in [-0.15, -0.1) is 16.4 Å². The molecule has 2 aromatic rings. The van der Waals surface area contributed by atoms with Gasteiger partial charge in [0.05, 0.1) is 22.6 Å². The molecule has 0 saturated carbocycles. The van der Waals surface area contributed by atoms with Gasteiger partial charge in [0.2, 0.25) is 0 Å². The van der Waals surface area contributed by atoms with Crippen LogP contribution in [0.15, 0.2) is 15.2 Å². The van der Waals surface area contributed by atoms with Gasteiger partial charge in [0, 0.05) is 0 Å². The van der Waals surface area contributed by atoms with Crippen LogP contribution in [0.4, 0.5) is 0 Å². The normalized spacial score (nSPS) is 11.1. The number of thiophene rings is 1. The van der Waals surface area contributed by atoms with E-state index in [0.717, 1.165) is 15.0 Å². The quantitative estimate of drug-likeness (QED) is 0.769. The second-order valence-corrected chi connectivity index (χ2v) is 6.91. The van der Waals surface area contributed by atoms with E-state index < -0.39 is 5.97 Å². The summed E-state index contributed by atoms with van der Waals surface area (Å²) in [5.41, 5.74) is 2.26. The highest BCUT2D eigenvalue weighted by atomic mass is 79.9. The van der Waals surface area contributed by atoms with Crippen LogP contribution in [0.2, 0.25) is 0 Å². The maximum absolute atomic E-state index is 11.9. The van der Waals surface area contributed by atoms with Crippen LogP contribution in [0.1, 0.15) is 48.4 Å². The average molecular weight is 358 g/mol. The van der Waals surface area contributed by atoms with E-state index in [-0.39, 0.29) is 5.92 Å². The molecule has 0 aliphatic heterocycles. The molecule has 0 N–H and O–H groups in total. The minimum atomic E-state index is -0.408. The molecule has 0 spiro atoms. The zero-order chi connectivity index (χ0) is 14.7. The summed E-state index contributed by atoms with van der Waals surface area (Å²) in [6, 6.07) is 2.04. The highest BCUT2D eigenvalue weighted by Gasteiger charge is 2.23. The lowest BCUT2D eigenvalue weighted by Crippen LogP contribution is -2.12. The maximum atomic E-state index is 11.9. The Balaban J connectivity index is 2.31. The third-order valence-electron chi connectivity index (χ3n) is 2.74. The zero-order valence-corrected chi connectivity index (χ0v) is 14.0. The molecule has 2 heterocycles. The lowest BCUT2D eigenvalue weighted by atomic mass is 10.1. The van der Waals surface area contributed by atoms with Gasteiger partial charge >= 0.3 is 5.97 Å². The van der Waals surface area contributed by atoms with E-state index in [4.69, 9.17) is 4.74 Å². The van der Waals surface area contributed by atoms with E-state index in [2.05, 4.69) is 31.6 Å². The molecule has 20 heavy (non-hydrogen) atoms. The lowest BCUT2D eigenvalue weighted by molar-refractivity contribution is 0.0517. The number of halogens is 1. The molecule has 7 heteroatoms. The summed E-state index contributed by atoms with van der Waals surface area (Å²) in [5, 5.41) is 10.1. The van der Waals surface area contributed by atoms with Crippen LogP contribution >= 0.6 is 27.3 Å². The molecule has 0 saturated heterocycles. The van der Waals surface area contributed by atoms with Crippen molar-refractivity contribution in [2.75, 3.05) is 6.61 Å². The first-order valence-corrected chi connectivity index (χ1v) is 8.03. The van der Waals surface area contributed by atoms with Crippen LogP contribution in [0.25, 0.3) is 0 Å². The fourth-order valence-corrected chi connectivity index (χ4v) is 3.16. The summed E-state index contributed by atoms with van der Waals surface area (Å²) in [7, 11) is 0. The fourth-order valence-electron chi connectivity index (χ4n) is 1.96. The van der Waals surface area contributed by atoms with Gasteiger partial charge in [-0.3, -0.25) is 0 Å². The summed E-state index contributed by atoms with van der Waals surface area (Å²) < 4.78 is 7.87. The number of aromatic nitrogens is 3. The number of hydrogen-bond acceptors (Lipinski definition) is 5. The molecule has 0 radical (unpaired) electrons. The van der Waals surface area contributed by atoms with Crippen LogP contribution in [0.5, 0.6) is 0 Å². The second-order valence-electron chi connectivity index (χ2n) is 4.62. The van der Waals surface area contributed by atoms with Gasteiger partial charge in [-0.2, -0.15) is 0 Å². The van der Waals surface area contributed by atoms with Crippen LogP contribution in [-0.2, 0) is 11.3 Å². The topological polar surface area (TPSA) is 57.0 Å². The summed E-state index contributed by atoms with van der Waals surface area (Å²) in [6.07, 6.45) is 0. The van der Waals surface area contributed by atoms with Gasteiger partial charge in [-0.1, -0.05) is 19.1 Å². The van der Waals surface area contributed by atoms with E-state index in [1.807, 2.05) is 19.9 Å². The van der Waals surface area contributed by atoms with Crippen molar-refractivity contribution in [3.63, 3.8) is 0 Å². The Morgan fingerprint density at radius 1 is 1.55 bits per heavy atom. The van der Waals surface area contributed by atoms with Gasteiger partial charge in [-0.05, 0) is 45.8 Å². The van der Waals surface area contributed by atoms with Gasteiger partial charge in [0.15, 0.2) is 5.69 Å². The summed E-state index contributed by atoms with van der Waals surface area (Å²) >= 11 is 5.06. The van der Waals surface area contributed by atoms with Gasteiger partial charge in [0.25, 0.3) is 0 Å². The maximum Gasteiger partial charge on any atom is 0.360 e. The smallest absolute Gasteiger partial charge is 0.360 e. The Kier molecular flexibility index (Phi) is 4.93. The number of ether oxygens (including phenoxy) is 1. The lowest BCUT2D eigenvalue weighted by Gasteiger charge is -2.10. The van der Waals surface area contributed by atoms with Crippen LogP contribution in [0, 0.1) is 0 Å². The van der Waals surface area contributed by atoms with Crippen molar-refractivity contribution in [1.82, 2.24) is 15.0 Å². The van der Waals surface area contributed by atoms with Gasteiger partial charge in [0.1, 0.15) is 0 Å². The van der Waals surface area contributed by atoms with E-state index in [1.165, 1.54) is 0 Å². The molecule has 0 aromatic carbocycles. The zero-order valence-electron chi connectivity index (χ0n) is 11.6. The first-order valence-electron chi connectivity index (χ1n) is 6.36. The molecule has 0 unspecified atom stereocenters. The molecule has 0 amide bonds. The minimum absolute atomic E-state index is 0.145. The number of esters is 1.